The van der Waals surface area contributed by atoms with Gasteiger partial charge in [-0.3, -0.25) is 15.1 Å². The van der Waals surface area contributed by atoms with Gasteiger partial charge in [-0.05, 0) is 36.4 Å². The van der Waals surface area contributed by atoms with E-state index in [1.54, 1.807) is 6.20 Å². The Hall–Kier alpha value is -3.21. The summed E-state index contributed by atoms with van der Waals surface area (Å²) in [5.74, 6) is 0. The fourth-order valence-electron chi connectivity index (χ4n) is 2.36. The summed E-state index contributed by atoms with van der Waals surface area (Å²) in [7, 11) is 0. The highest BCUT2D eigenvalue weighted by molar-refractivity contribution is 5.68. The van der Waals surface area contributed by atoms with Gasteiger partial charge in [-0.1, -0.05) is 0 Å². The first-order valence-corrected chi connectivity index (χ1v) is 6.95. The first kappa shape index (κ1) is 12.5. The van der Waals surface area contributed by atoms with Crippen molar-refractivity contribution in [3.8, 4) is 28.2 Å². The second-order valence-electron chi connectivity index (χ2n) is 4.93. The molecule has 0 aliphatic heterocycles. The summed E-state index contributed by atoms with van der Waals surface area (Å²) in [5, 5.41) is 7.43. The van der Waals surface area contributed by atoms with E-state index in [0.29, 0.717) is 0 Å². The minimum atomic E-state index is 0.861. The normalized spacial score (nSPS) is 10.7. The van der Waals surface area contributed by atoms with Gasteiger partial charge in [0.15, 0.2) is 0 Å². The van der Waals surface area contributed by atoms with Crippen LogP contribution in [0.3, 0.4) is 0 Å². The van der Waals surface area contributed by atoms with Crippen LogP contribution in [0, 0.1) is 0 Å². The molecule has 0 aliphatic carbocycles. The Morgan fingerprint density at radius 2 is 1.73 bits per heavy atom. The number of rotatable bonds is 3. The number of hydrogen-bond donors (Lipinski definition) is 1. The lowest BCUT2D eigenvalue weighted by Gasteiger charge is -2.03. The Balaban J connectivity index is 1.71. The molecule has 0 saturated carbocycles. The van der Waals surface area contributed by atoms with Gasteiger partial charge in [0.05, 0.1) is 23.3 Å². The van der Waals surface area contributed by atoms with Crippen LogP contribution in [0.2, 0.25) is 0 Å². The highest BCUT2D eigenvalue weighted by Crippen LogP contribution is 2.24. The Morgan fingerprint density at radius 1 is 0.864 bits per heavy atom. The second kappa shape index (κ2) is 5.29. The molecule has 0 aliphatic rings. The maximum Gasteiger partial charge on any atom is 0.0943 e. The maximum atomic E-state index is 4.38. The lowest BCUT2D eigenvalue weighted by Crippen LogP contribution is -1.91. The Bertz CT molecular complexity index is 878. The quantitative estimate of drug-likeness (QED) is 0.629. The van der Waals surface area contributed by atoms with E-state index < -0.39 is 0 Å². The molecule has 5 nitrogen and oxygen atoms in total. The molecule has 0 aromatic carbocycles. The number of nitrogens with one attached hydrogen (secondary N) is 1. The van der Waals surface area contributed by atoms with Crippen molar-refractivity contribution in [2.45, 2.75) is 0 Å². The first-order chi connectivity index (χ1) is 10.9. The van der Waals surface area contributed by atoms with E-state index in [2.05, 4.69) is 26.2 Å². The van der Waals surface area contributed by atoms with Gasteiger partial charge in [0.25, 0.3) is 0 Å². The molecule has 4 heterocycles. The fourth-order valence-corrected chi connectivity index (χ4v) is 2.36. The average molecular weight is 287 g/mol. The molecule has 0 saturated heterocycles. The van der Waals surface area contributed by atoms with Crippen molar-refractivity contribution in [1.82, 2.24) is 24.7 Å². The Kier molecular flexibility index (Phi) is 3.01. The third-order valence-electron chi connectivity index (χ3n) is 3.47. The molecule has 0 unspecified atom stereocenters. The number of aromatic nitrogens is 5. The van der Waals surface area contributed by atoms with Gasteiger partial charge in [-0.25, -0.2) is 0 Å². The SMILES string of the molecule is c1cncc(-c2cc(-c3cncc(-n4cccc4)c3)n[nH]2)c1. The second-order valence-corrected chi connectivity index (χ2v) is 4.93. The number of nitrogens with zero attached hydrogens (tertiary/aromatic N) is 4. The van der Waals surface area contributed by atoms with E-state index in [9.17, 15) is 0 Å². The van der Waals surface area contributed by atoms with Crippen LogP contribution in [0.15, 0.2) is 73.6 Å². The first-order valence-electron chi connectivity index (χ1n) is 6.95. The summed E-state index contributed by atoms with van der Waals surface area (Å²) in [6, 6.07) is 12.0. The predicted octanol–water partition coefficient (Wildman–Crippen LogP) is 3.32. The molecular formula is C17H13N5. The summed E-state index contributed by atoms with van der Waals surface area (Å²) in [6.45, 7) is 0. The lowest BCUT2D eigenvalue weighted by atomic mass is 10.1. The fraction of sp³-hybridized carbons (Fsp3) is 0. The molecule has 0 atom stereocenters. The van der Waals surface area contributed by atoms with Crippen molar-refractivity contribution in [2.75, 3.05) is 0 Å². The molecule has 0 bridgehead atoms. The highest BCUT2D eigenvalue weighted by Gasteiger charge is 2.07. The summed E-state index contributed by atoms with van der Waals surface area (Å²) < 4.78 is 2.02. The zero-order valence-electron chi connectivity index (χ0n) is 11.7. The van der Waals surface area contributed by atoms with E-state index in [-0.39, 0.29) is 0 Å². The van der Waals surface area contributed by atoms with Crippen molar-refractivity contribution < 1.29 is 0 Å². The molecule has 4 aromatic rings. The van der Waals surface area contributed by atoms with Gasteiger partial charge < -0.3 is 4.57 Å². The van der Waals surface area contributed by atoms with Crippen LogP contribution in [-0.4, -0.2) is 24.7 Å². The molecule has 1 N–H and O–H groups in total. The molecule has 5 heteroatoms. The number of pyridine rings is 2. The number of aromatic amines is 1. The number of H-pyrrole nitrogens is 1. The topological polar surface area (TPSA) is 59.4 Å². The summed E-state index contributed by atoms with van der Waals surface area (Å²) in [4.78, 5) is 8.44. The van der Waals surface area contributed by atoms with Gasteiger partial charge >= 0.3 is 0 Å². The summed E-state index contributed by atoms with van der Waals surface area (Å²) in [6.07, 6.45) is 11.2. The van der Waals surface area contributed by atoms with Crippen LogP contribution in [0.4, 0.5) is 0 Å². The van der Waals surface area contributed by atoms with E-state index >= 15 is 0 Å². The van der Waals surface area contributed by atoms with Gasteiger partial charge in [0, 0.05) is 42.1 Å². The Morgan fingerprint density at radius 3 is 2.55 bits per heavy atom. The molecule has 0 radical (unpaired) electrons. The predicted molar refractivity (Wildman–Crippen MR) is 84.4 cm³/mol. The van der Waals surface area contributed by atoms with Crippen LogP contribution >= 0.6 is 0 Å². The molecule has 4 aromatic heterocycles. The van der Waals surface area contributed by atoms with Crippen molar-refractivity contribution in [1.29, 1.82) is 0 Å². The van der Waals surface area contributed by atoms with E-state index in [1.165, 1.54) is 0 Å². The smallest absolute Gasteiger partial charge is 0.0943 e. The van der Waals surface area contributed by atoms with Gasteiger partial charge in [0.1, 0.15) is 0 Å². The minimum Gasteiger partial charge on any atom is -0.322 e. The molecule has 106 valence electrons. The van der Waals surface area contributed by atoms with Crippen LogP contribution in [0.1, 0.15) is 0 Å². The molecule has 0 spiro atoms. The monoisotopic (exact) mass is 287 g/mol. The third kappa shape index (κ3) is 2.29. The zero-order valence-corrected chi connectivity index (χ0v) is 11.7. The van der Waals surface area contributed by atoms with E-state index in [4.69, 9.17) is 0 Å². The van der Waals surface area contributed by atoms with Gasteiger partial charge in [0.2, 0.25) is 0 Å². The van der Waals surface area contributed by atoms with Crippen molar-refractivity contribution in [3.05, 3.63) is 73.6 Å². The Labute approximate surface area is 127 Å². The van der Waals surface area contributed by atoms with E-state index in [0.717, 1.165) is 28.2 Å². The zero-order chi connectivity index (χ0) is 14.8. The van der Waals surface area contributed by atoms with Crippen LogP contribution in [-0.2, 0) is 0 Å². The van der Waals surface area contributed by atoms with Crippen LogP contribution in [0.5, 0.6) is 0 Å². The standard InChI is InChI=1S/C17H13N5/c1-2-7-22(6-1)15-8-14(11-19-12-15)17-9-16(20-21-17)13-4-3-5-18-10-13/h1-12H,(H,20,21). The van der Waals surface area contributed by atoms with Gasteiger partial charge in [-0.2, -0.15) is 5.10 Å². The summed E-state index contributed by atoms with van der Waals surface area (Å²) in [5.41, 5.74) is 4.79. The van der Waals surface area contributed by atoms with Crippen LogP contribution < -0.4 is 0 Å². The summed E-state index contributed by atoms with van der Waals surface area (Å²) >= 11 is 0. The van der Waals surface area contributed by atoms with Gasteiger partial charge in [-0.15, -0.1) is 0 Å². The minimum absolute atomic E-state index is 0.861. The molecule has 4 rings (SSSR count). The van der Waals surface area contributed by atoms with Crippen molar-refractivity contribution in [3.63, 3.8) is 0 Å². The van der Waals surface area contributed by atoms with Crippen molar-refractivity contribution >= 4 is 0 Å². The molecular weight excluding hydrogens is 274 g/mol. The highest BCUT2D eigenvalue weighted by atomic mass is 15.1. The lowest BCUT2D eigenvalue weighted by molar-refractivity contribution is 1.05. The largest absolute Gasteiger partial charge is 0.322 e. The third-order valence-corrected chi connectivity index (χ3v) is 3.47. The molecule has 22 heavy (non-hydrogen) atoms. The van der Waals surface area contributed by atoms with Crippen LogP contribution in [0.25, 0.3) is 28.2 Å². The molecule has 0 amide bonds. The average Bonchev–Trinajstić information content (AvgIpc) is 3.28. The van der Waals surface area contributed by atoms with E-state index in [1.807, 2.05) is 65.9 Å². The molecule has 0 fully saturated rings. The number of hydrogen-bond acceptors (Lipinski definition) is 3. The maximum absolute atomic E-state index is 4.38. The van der Waals surface area contributed by atoms with Crippen molar-refractivity contribution in [2.24, 2.45) is 0 Å².